The van der Waals surface area contributed by atoms with Crippen LogP contribution in [0.15, 0.2) is 24.3 Å². The quantitative estimate of drug-likeness (QED) is 0.199. The van der Waals surface area contributed by atoms with Crippen LogP contribution in [0.4, 0.5) is 0 Å². The van der Waals surface area contributed by atoms with E-state index in [1.807, 2.05) is 27.7 Å². The smallest absolute Gasteiger partial charge is 0.253 e. The number of carbonyl (C=O) groups excluding carboxylic acids is 6. The molecule has 0 saturated carbocycles. The van der Waals surface area contributed by atoms with Crippen molar-refractivity contribution in [2.24, 2.45) is 0 Å². The van der Waals surface area contributed by atoms with Gasteiger partial charge in [-0.2, -0.15) is 0 Å². The highest BCUT2D eigenvalue weighted by molar-refractivity contribution is 6.13. The van der Waals surface area contributed by atoms with Crippen molar-refractivity contribution in [3.05, 3.63) is 24.3 Å². The van der Waals surface area contributed by atoms with Crippen molar-refractivity contribution in [3.63, 3.8) is 0 Å². The number of rotatable bonds is 17. The molecule has 0 aromatic carbocycles. The molecule has 0 aromatic rings. The first-order valence-electron chi connectivity index (χ1n) is 12.7. The summed E-state index contributed by atoms with van der Waals surface area (Å²) in [4.78, 5) is 72.1. The van der Waals surface area contributed by atoms with Crippen molar-refractivity contribution in [1.82, 2.24) is 20.4 Å². The maximum absolute atomic E-state index is 12.0. The van der Waals surface area contributed by atoms with Gasteiger partial charge in [-0.1, -0.05) is 0 Å². The molecule has 0 saturated heterocycles. The molecule has 0 radical (unpaired) electrons. The van der Waals surface area contributed by atoms with Crippen molar-refractivity contribution in [3.8, 4) is 0 Å². The average molecular weight is 535 g/mol. The Morgan fingerprint density at radius 2 is 1.05 bits per heavy atom. The zero-order valence-electron chi connectivity index (χ0n) is 22.5. The van der Waals surface area contributed by atoms with Gasteiger partial charge in [0.2, 0.25) is 11.8 Å². The molecule has 0 aromatic heterocycles. The van der Waals surface area contributed by atoms with Crippen LogP contribution in [0.1, 0.15) is 53.4 Å². The van der Waals surface area contributed by atoms with E-state index in [4.69, 9.17) is 9.47 Å². The SMILES string of the molecule is CC(C)(CCNC(=O)CCN1C(=O)C=CC1=O)OCCC(C)(C)OCCNC(=O)CCN1C(=O)C=CC1=O. The van der Waals surface area contributed by atoms with E-state index in [0.717, 1.165) is 9.80 Å². The lowest BCUT2D eigenvalue weighted by molar-refractivity contribution is -0.139. The molecule has 2 heterocycles. The molecule has 0 spiro atoms. The second kappa shape index (κ2) is 14.0. The fourth-order valence-electron chi connectivity index (χ4n) is 3.64. The van der Waals surface area contributed by atoms with Crippen LogP contribution in [0.25, 0.3) is 0 Å². The van der Waals surface area contributed by atoms with E-state index < -0.39 is 34.8 Å². The number of hydrogen-bond donors (Lipinski definition) is 2. The summed E-state index contributed by atoms with van der Waals surface area (Å²) in [6.07, 6.45) is 6.00. The van der Waals surface area contributed by atoms with Crippen LogP contribution in [0, 0.1) is 0 Å². The van der Waals surface area contributed by atoms with E-state index in [1.54, 1.807) is 0 Å². The third-order valence-electron chi connectivity index (χ3n) is 6.09. The number of ether oxygens (including phenoxy) is 2. The Hall–Kier alpha value is -3.38. The Morgan fingerprint density at radius 3 is 1.53 bits per heavy atom. The molecule has 0 bridgehead atoms. The zero-order valence-corrected chi connectivity index (χ0v) is 22.5. The summed E-state index contributed by atoms with van der Waals surface area (Å²) < 4.78 is 11.9. The van der Waals surface area contributed by atoms with Gasteiger partial charge in [-0.25, -0.2) is 0 Å². The van der Waals surface area contributed by atoms with Crippen molar-refractivity contribution < 1.29 is 38.2 Å². The minimum absolute atomic E-state index is 0.0290. The second-order valence-electron chi connectivity index (χ2n) is 10.2. The van der Waals surface area contributed by atoms with Gasteiger partial charge in [0, 0.05) is 63.3 Å². The number of hydrogen-bond acceptors (Lipinski definition) is 8. The summed E-state index contributed by atoms with van der Waals surface area (Å²) in [6, 6.07) is 0. The van der Waals surface area contributed by atoms with Gasteiger partial charge in [-0.05, 0) is 40.5 Å². The standard InChI is InChI=1S/C26H38N4O8/c1-25(2,11-13-27-19(31)9-15-29-21(33)5-6-22(29)34)37-17-12-26(3,4)38-18-14-28-20(32)10-16-30-23(35)7-8-24(30)36/h5-8H,9-18H2,1-4H3,(H,27,31)(H,28,32). The summed E-state index contributed by atoms with van der Waals surface area (Å²) >= 11 is 0. The molecule has 12 nitrogen and oxygen atoms in total. The second-order valence-corrected chi connectivity index (χ2v) is 10.2. The third kappa shape index (κ3) is 10.5. The predicted molar refractivity (Wildman–Crippen MR) is 136 cm³/mol. The van der Waals surface area contributed by atoms with Crippen molar-refractivity contribution in [2.75, 3.05) is 39.4 Å². The van der Waals surface area contributed by atoms with E-state index >= 15 is 0 Å². The molecule has 0 atom stereocenters. The summed E-state index contributed by atoms with van der Waals surface area (Å²) in [5, 5.41) is 5.50. The van der Waals surface area contributed by atoms with Crippen LogP contribution in [-0.4, -0.2) is 95.8 Å². The van der Waals surface area contributed by atoms with Gasteiger partial charge in [-0.15, -0.1) is 0 Å². The highest BCUT2D eigenvalue weighted by Gasteiger charge is 2.26. The highest BCUT2D eigenvalue weighted by Crippen LogP contribution is 2.19. The summed E-state index contributed by atoms with van der Waals surface area (Å²) in [5.74, 6) is -2.15. The molecule has 0 unspecified atom stereocenters. The van der Waals surface area contributed by atoms with Crippen LogP contribution in [0.2, 0.25) is 0 Å². The number of nitrogens with one attached hydrogen (secondary N) is 2. The molecule has 2 aliphatic heterocycles. The first-order valence-corrected chi connectivity index (χ1v) is 12.7. The van der Waals surface area contributed by atoms with Gasteiger partial charge in [0.15, 0.2) is 0 Å². The maximum Gasteiger partial charge on any atom is 0.253 e. The normalized spacial score (nSPS) is 15.7. The Kier molecular flexibility index (Phi) is 11.3. The molecular weight excluding hydrogens is 496 g/mol. The first kappa shape index (κ1) is 30.8. The lowest BCUT2D eigenvalue weighted by Gasteiger charge is -2.30. The van der Waals surface area contributed by atoms with Crippen LogP contribution in [0.3, 0.4) is 0 Å². The molecule has 0 aliphatic carbocycles. The number of imide groups is 2. The van der Waals surface area contributed by atoms with Crippen LogP contribution >= 0.6 is 0 Å². The summed E-state index contributed by atoms with van der Waals surface area (Å²) in [6.45, 7) is 9.20. The van der Waals surface area contributed by atoms with Crippen molar-refractivity contribution >= 4 is 35.4 Å². The number of amides is 6. The van der Waals surface area contributed by atoms with E-state index in [0.29, 0.717) is 39.1 Å². The minimum Gasteiger partial charge on any atom is -0.375 e. The van der Waals surface area contributed by atoms with Gasteiger partial charge in [0.25, 0.3) is 23.6 Å². The Bertz CT molecular complexity index is 950. The van der Waals surface area contributed by atoms with E-state index in [2.05, 4.69) is 10.6 Å². The van der Waals surface area contributed by atoms with Crippen LogP contribution in [0.5, 0.6) is 0 Å². The molecule has 0 fully saturated rings. The molecule has 2 N–H and O–H groups in total. The highest BCUT2D eigenvalue weighted by atomic mass is 16.5. The molecule has 12 heteroatoms. The fraction of sp³-hybridized carbons (Fsp3) is 0.615. The first-order chi connectivity index (χ1) is 17.8. The Labute approximate surface area is 222 Å². The lowest BCUT2D eigenvalue weighted by atomic mass is 10.0. The predicted octanol–water partition coefficient (Wildman–Crippen LogP) is 0.220. The monoisotopic (exact) mass is 534 g/mol. The van der Waals surface area contributed by atoms with Crippen LogP contribution < -0.4 is 10.6 Å². The molecule has 2 rings (SSSR count). The fourth-order valence-corrected chi connectivity index (χ4v) is 3.64. The Balaban J connectivity index is 1.53. The van der Waals surface area contributed by atoms with Gasteiger partial charge in [0.1, 0.15) is 0 Å². The number of nitrogens with zero attached hydrogens (tertiary/aromatic N) is 2. The number of carbonyl (C=O) groups is 6. The largest absolute Gasteiger partial charge is 0.375 e. The summed E-state index contributed by atoms with van der Waals surface area (Å²) in [5.41, 5.74) is -0.982. The van der Waals surface area contributed by atoms with Gasteiger partial charge in [0.05, 0.1) is 24.4 Å². The average Bonchev–Trinajstić information content (AvgIpc) is 3.32. The third-order valence-corrected chi connectivity index (χ3v) is 6.09. The van der Waals surface area contributed by atoms with Crippen molar-refractivity contribution in [1.29, 1.82) is 0 Å². The molecule has 6 amide bonds. The summed E-state index contributed by atoms with van der Waals surface area (Å²) in [7, 11) is 0. The van der Waals surface area contributed by atoms with Crippen molar-refractivity contribution in [2.45, 2.75) is 64.6 Å². The van der Waals surface area contributed by atoms with E-state index in [9.17, 15) is 28.8 Å². The molecule has 210 valence electrons. The molecule has 38 heavy (non-hydrogen) atoms. The minimum atomic E-state index is -0.492. The zero-order chi connectivity index (χ0) is 28.3. The van der Waals surface area contributed by atoms with Crippen LogP contribution in [-0.2, 0) is 38.2 Å². The van der Waals surface area contributed by atoms with E-state index in [1.165, 1.54) is 24.3 Å². The van der Waals surface area contributed by atoms with Gasteiger partial charge in [-0.3, -0.25) is 38.6 Å². The Morgan fingerprint density at radius 1 is 0.658 bits per heavy atom. The maximum atomic E-state index is 12.0. The van der Waals surface area contributed by atoms with E-state index in [-0.39, 0.29) is 37.7 Å². The lowest BCUT2D eigenvalue weighted by Crippen LogP contribution is -2.38. The van der Waals surface area contributed by atoms with Gasteiger partial charge >= 0.3 is 0 Å². The molecule has 2 aliphatic rings. The van der Waals surface area contributed by atoms with Gasteiger partial charge < -0.3 is 20.1 Å². The topological polar surface area (TPSA) is 151 Å². The molecular formula is C26H38N4O8.